The van der Waals surface area contributed by atoms with Crippen LogP contribution in [0.3, 0.4) is 0 Å². The van der Waals surface area contributed by atoms with Gasteiger partial charge in [-0.15, -0.1) is 0 Å². The molecular formula is C20H22FN2O5PS. The molecule has 0 fully saturated rings. The minimum atomic E-state index is -4.00. The third-order valence-electron chi connectivity index (χ3n) is 4.53. The molecule has 3 aromatic carbocycles. The number of anilines is 1. The van der Waals surface area contributed by atoms with Gasteiger partial charge in [0.1, 0.15) is 5.82 Å². The van der Waals surface area contributed by atoms with Crippen LogP contribution in [0.1, 0.15) is 5.56 Å². The van der Waals surface area contributed by atoms with Gasteiger partial charge in [-0.3, -0.25) is 0 Å². The predicted octanol–water partition coefficient (Wildman–Crippen LogP) is 3.14. The van der Waals surface area contributed by atoms with E-state index in [1.54, 1.807) is 31.3 Å². The standard InChI is InChI=1S/C20H22FN2O5PS/c1-22-19-9-3-8-18-17(19)7-4-10-20(18)30(26,27)23-16(13-28-29(24)25)12-14-5-2-6-15(21)11-14/h2-11,16,22-25H,12-13H2,1H3. The molecule has 7 nitrogen and oxygen atoms in total. The summed E-state index contributed by atoms with van der Waals surface area (Å²) in [5.41, 5.74) is 1.33. The number of hydrogen-bond donors (Lipinski definition) is 4. The highest BCUT2D eigenvalue weighted by Gasteiger charge is 2.24. The summed E-state index contributed by atoms with van der Waals surface area (Å²) >= 11 is 0. The molecule has 0 saturated heterocycles. The first-order valence-corrected chi connectivity index (χ1v) is 11.7. The van der Waals surface area contributed by atoms with Gasteiger partial charge in [0.2, 0.25) is 10.0 Å². The second kappa shape index (κ2) is 9.78. The maximum Gasteiger partial charge on any atom is 0.327 e. The summed E-state index contributed by atoms with van der Waals surface area (Å²) in [5, 5.41) is 4.32. The maximum absolute atomic E-state index is 13.5. The van der Waals surface area contributed by atoms with Crippen molar-refractivity contribution in [1.29, 1.82) is 0 Å². The first kappa shape index (κ1) is 22.6. The van der Waals surface area contributed by atoms with E-state index in [9.17, 15) is 12.8 Å². The number of sulfonamides is 1. The molecule has 1 atom stereocenters. The monoisotopic (exact) mass is 452 g/mol. The Labute approximate surface area is 175 Å². The summed E-state index contributed by atoms with van der Waals surface area (Å²) in [6.07, 6.45) is 0.104. The Morgan fingerprint density at radius 3 is 2.47 bits per heavy atom. The normalized spacial score (nSPS) is 13.0. The zero-order valence-electron chi connectivity index (χ0n) is 16.1. The van der Waals surface area contributed by atoms with Gasteiger partial charge in [0.15, 0.2) is 0 Å². The molecule has 3 rings (SSSR count). The third kappa shape index (κ3) is 5.51. The van der Waals surface area contributed by atoms with E-state index < -0.39 is 30.5 Å². The van der Waals surface area contributed by atoms with Crippen molar-refractivity contribution in [3.8, 4) is 0 Å². The highest BCUT2D eigenvalue weighted by Crippen LogP contribution is 2.29. The molecule has 0 aliphatic heterocycles. The van der Waals surface area contributed by atoms with Crippen LogP contribution in [0, 0.1) is 5.82 Å². The molecule has 4 N–H and O–H groups in total. The fourth-order valence-electron chi connectivity index (χ4n) is 3.26. The Morgan fingerprint density at radius 2 is 1.77 bits per heavy atom. The first-order valence-electron chi connectivity index (χ1n) is 9.07. The van der Waals surface area contributed by atoms with Gasteiger partial charge in [0.25, 0.3) is 0 Å². The van der Waals surface area contributed by atoms with Crippen LogP contribution in [0.2, 0.25) is 0 Å². The topological polar surface area (TPSA) is 108 Å². The highest BCUT2D eigenvalue weighted by molar-refractivity contribution is 7.89. The quantitative estimate of drug-likeness (QED) is 0.372. The van der Waals surface area contributed by atoms with Gasteiger partial charge in [-0.05, 0) is 36.2 Å². The van der Waals surface area contributed by atoms with Gasteiger partial charge in [0, 0.05) is 29.5 Å². The molecule has 0 spiro atoms. The Balaban J connectivity index is 1.93. The molecule has 160 valence electrons. The third-order valence-corrected chi connectivity index (χ3v) is 6.48. The second-order valence-electron chi connectivity index (χ2n) is 6.61. The number of rotatable bonds is 9. The number of nitrogens with one attached hydrogen (secondary N) is 2. The number of halogens is 1. The summed E-state index contributed by atoms with van der Waals surface area (Å²) in [4.78, 5) is 18.2. The number of benzene rings is 3. The molecular weight excluding hydrogens is 430 g/mol. The zero-order chi connectivity index (χ0) is 21.7. The van der Waals surface area contributed by atoms with Crippen LogP contribution in [0.15, 0.2) is 65.6 Å². The van der Waals surface area contributed by atoms with Crippen LogP contribution in [-0.4, -0.2) is 37.9 Å². The summed E-state index contributed by atoms with van der Waals surface area (Å²) in [6, 6.07) is 15.2. The van der Waals surface area contributed by atoms with E-state index >= 15 is 0 Å². The van der Waals surface area contributed by atoms with Gasteiger partial charge in [-0.25, -0.2) is 17.5 Å². The smallest absolute Gasteiger partial charge is 0.327 e. The Morgan fingerprint density at radius 1 is 1.07 bits per heavy atom. The van der Waals surface area contributed by atoms with Crippen LogP contribution in [-0.2, 0) is 21.0 Å². The molecule has 1 unspecified atom stereocenters. The molecule has 30 heavy (non-hydrogen) atoms. The number of hydrogen-bond acceptors (Lipinski definition) is 6. The van der Waals surface area contributed by atoms with E-state index in [2.05, 4.69) is 10.0 Å². The molecule has 3 aromatic rings. The molecule has 0 saturated carbocycles. The molecule has 0 aliphatic rings. The summed E-state index contributed by atoms with van der Waals surface area (Å²) in [5.74, 6) is -0.449. The average Bonchev–Trinajstić information content (AvgIpc) is 2.70. The van der Waals surface area contributed by atoms with Gasteiger partial charge < -0.3 is 19.6 Å². The minimum absolute atomic E-state index is 0.0802. The van der Waals surface area contributed by atoms with Gasteiger partial charge in [-0.1, -0.05) is 36.4 Å². The maximum atomic E-state index is 13.5. The molecule has 0 radical (unpaired) electrons. The van der Waals surface area contributed by atoms with E-state index in [1.165, 1.54) is 24.3 Å². The van der Waals surface area contributed by atoms with Crippen molar-refractivity contribution in [3.63, 3.8) is 0 Å². The number of fused-ring (bicyclic) bond motifs is 1. The van der Waals surface area contributed by atoms with Gasteiger partial charge >= 0.3 is 8.60 Å². The molecule has 10 heteroatoms. The summed E-state index contributed by atoms with van der Waals surface area (Å²) < 4.78 is 47.3. The molecule has 0 amide bonds. The lowest BCUT2D eigenvalue weighted by Crippen LogP contribution is -2.39. The SMILES string of the molecule is CNc1cccc2c(S(=O)(=O)NC(COP(O)O)Cc3cccc(F)c3)cccc12. The van der Waals surface area contributed by atoms with Crippen molar-refractivity contribution in [2.75, 3.05) is 19.0 Å². The molecule has 0 aromatic heterocycles. The molecule has 0 bridgehead atoms. The molecule has 0 heterocycles. The fraction of sp³-hybridized carbons (Fsp3) is 0.200. The van der Waals surface area contributed by atoms with Crippen molar-refractivity contribution >= 4 is 35.1 Å². The van der Waals surface area contributed by atoms with E-state index in [-0.39, 0.29) is 17.9 Å². The van der Waals surface area contributed by atoms with Crippen LogP contribution in [0.4, 0.5) is 10.1 Å². The largest absolute Gasteiger partial charge is 0.388 e. The average molecular weight is 452 g/mol. The van der Waals surface area contributed by atoms with Crippen LogP contribution >= 0.6 is 8.60 Å². The Kier molecular flexibility index (Phi) is 7.36. The van der Waals surface area contributed by atoms with Gasteiger partial charge in [0.05, 0.1) is 11.5 Å². The minimum Gasteiger partial charge on any atom is -0.388 e. The van der Waals surface area contributed by atoms with E-state index in [0.717, 1.165) is 11.1 Å². The lowest BCUT2D eigenvalue weighted by atomic mass is 10.1. The Hall–Kier alpha value is -2.13. The highest BCUT2D eigenvalue weighted by atomic mass is 32.2. The lowest BCUT2D eigenvalue weighted by Gasteiger charge is -2.20. The summed E-state index contributed by atoms with van der Waals surface area (Å²) in [7, 11) is -4.91. The van der Waals surface area contributed by atoms with Crippen molar-refractivity contribution in [2.45, 2.75) is 17.4 Å². The van der Waals surface area contributed by atoms with E-state index in [1.807, 2.05) is 12.1 Å². The van der Waals surface area contributed by atoms with Crippen molar-refractivity contribution in [1.82, 2.24) is 4.72 Å². The van der Waals surface area contributed by atoms with Gasteiger partial charge in [-0.2, -0.15) is 0 Å². The predicted molar refractivity (Wildman–Crippen MR) is 115 cm³/mol. The van der Waals surface area contributed by atoms with Crippen molar-refractivity contribution < 1.29 is 27.1 Å². The lowest BCUT2D eigenvalue weighted by molar-refractivity contribution is 0.231. The van der Waals surface area contributed by atoms with E-state index in [4.69, 9.17) is 14.3 Å². The zero-order valence-corrected chi connectivity index (χ0v) is 17.8. The molecule has 0 aliphatic carbocycles. The fourth-order valence-corrected chi connectivity index (χ4v) is 5.01. The first-order chi connectivity index (χ1) is 14.3. The van der Waals surface area contributed by atoms with Crippen LogP contribution in [0.5, 0.6) is 0 Å². The van der Waals surface area contributed by atoms with Crippen LogP contribution in [0.25, 0.3) is 10.8 Å². The van der Waals surface area contributed by atoms with Crippen molar-refractivity contribution in [3.05, 3.63) is 72.0 Å². The second-order valence-corrected chi connectivity index (χ2v) is 9.05. The van der Waals surface area contributed by atoms with Crippen molar-refractivity contribution in [2.24, 2.45) is 0 Å². The van der Waals surface area contributed by atoms with Crippen LogP contribution < -0.4 is 10.0 Å². The Bertz CT molecular complexity index is 1130. The summed E-state index contributed by atoms with van der Waals surface area (Å²) in [6.45, 7) is -0.291. The van der Waals surface area contributed by atoms with E-state index in [0.29, 0.717) is 10.9 Å².